The van der Waals surface area contributed by atoms with Crippen LogP contribution in [0.15, 0.2) is 46.3 Å². The lowest BCUT2D eigenvalue weighted by Crippen LogP contribution is -1.67. The van der Waals surface area contributed by atoms with E-state index in [1.807, 2.05) is 24.3 Å². The summed E-state index contributed by atoms with van der Waals surface area (Å²) in [5.41, 5.74) is 3.27. The van der Waals surface area contributed by atoms with Crippen LogP contribution in [0, 0.1) is 6.92 Å². The van der Waals surface area contributed by atoms with Crippen LogP contribution in [0.3, 0.4) is 0 Å². The van der Waals surface area contributed by atoms with Crippen molar-refractivity contribution in [1.82, 2.24) is 0 Å². The second-order valence-electron chi connectivity index (χ2n) is 2.94. The first-order chi connectivity index (χ1) is 5.84. The first kappa shape index (κ1) is 7.22. The largest absolute Gasteiger partial charge is 0.155 e. The molecule has 0 aliphatic heterocycles. The summed E-state index contributed by atoms with van der Waals surface area (Å²) in [4.78, 5) is 0. The Balaban J connectivity index is 2.12. The van der Waals surface area contributed by atoms with E-state index < -0.39 is 0 Å². The third-order valence-electron chi connectivity index (χ3n) is 1.71. The average molecular weight is 158 g/mol. The minimum atomic E-state index is 0.924. The average Bonchev–Trinajstić information content (AvgIpc) is 2.87. The maximum absolute atomic E-state index is 4.07. The zero-order valence-corrected chi connectivity index (χ0v) is 6.99. The SMILES string of the molecule is Cc1ccc(N=NC2=CC2)cc1. The number of azo groups is 1. The topological polar surface area (TPSA) is 24.7 Å². The molecule has 0 atom stereocenters. The Bertz CT molecular complexity index is 333. The van der Waals surface area contributed by atoms with Gasteiger partial charge in [0, 0.05) is 6.42 Å². The van der Waals surface area contributed by atoms with Gasteiger partial charge in [-0.3, -0.25) is 0 Å². The minimum absolute atomic E-state index is 0.924. The van der Waals surface area contributed by atoms with Gasteiger partial charge in [0.25, 0.3) is 0 Å². The lowest BCUT2D eigenvalue weighted by molar-refractivity contribution is 1.17. The first-order valence-corrected chi connectivity index (χ1v) is 4.02. The second-order valence-corrected chi connectivity index (χ2v) is 2.94. The third-order valence-corrected chi connectivity index (χ3v) is 1.71. The highest BCUT2D eigenvalue weighted by Crippen LogP contribution is 2.22. The Morgan fingerprint density at radius 3 is 2.33 bits per heavy atom. The van der Waals surface area contributed by atoms with E-state index in [1.54, 1.807) is 0 Å². The molecule has 0 bridgehead atoms. The minimum Gasteiger partial charge on any atom is -0.155 e. The maximum atomic E-state index is 4.07. The van der Waals surface area contributed by atoms with Crippen molar-refractivity contribution in [1.29, 1.82) is 0 Å². The molecule has 0 radical (unpaired) electrons. The fraction of sp³-hybridized carbons (Fsp3) is 0.200. The van der Waals surface area contributed by atoms with Gasteiger partial charge in [0.05, 0.1) is 11.4 Å². The van der Waals surface area contributed by atoms with Crippen LogP contribution in [0.4, 0.5) is 5.69 Å². The van der Waals surface area contributed by atoms with Crippen LogP contribution < -0.4 is 0 Å². The number of hydrogen-bond acceptors (Lipinski definition) is 2. The normalized spacial score (nSPS) is 14.9. The molecule has 0 N–H and O–H groups in total. The van der Waals surface area contributed by atoms with E-state index in [2.05, 4.69) is 23.2 Å². The molecule has 0 fully saturated rings. The molecule has 2 rings (SSSR count). The fourth-order valence-electron chi connectivity index (χ4n) is 0.861. The molecule has 0 saturated heterocycles. The smallest absolute Gasteiger partial charge is 0.0857 e. The van der Waals surface area contributed by atoms with Gasteiger partial charge in [0.1, 0.15) is 0 Å². The zero-order chi connectivity index (χ0) is 8.39. The van der Waals surface area contributed by atoms with Crippen molar-refractivity contribution in [3.8, 4) is 0 Å². The van der Waals surface area contributed by atoms with Gasteiger partial charge in [0.2, 0.25) is 0 Å². The highest BCUT2D eigenvalue weighted by Gasteiger charge is 2.03. The molecule has 0 saturated carbocycles. The van der Waals surface area contributed by atoms with Crippen LogP contribution in [0.2, 0.25) is 0 Å². The number of nitrogens with zero attached hydrogens (tertiary/aromatic N) is 2. The Morgan fingerprint density at radius 1 is 1.08 bits per heavy atom. The summed E-state index contributed by atoms with van der Waals surface area (Å²) in [7, 11) is 0. The molecule has 12 heavy (non-hydrogen) atoms. The molecule has 2 nitrogen and oxygen atoms in total. The maximum Gasteiger partial charge on any atom is 0.0857 e. The number of rotatable bonds is 2. The number of hydrogen-bond donors (Lipinski definition) is 0. The highest BCUT2D eigenvalue weighted by molar-refractivity contribution is 5.38. The monoisotopic (exact) mass is 158 g/mol. The Morgan fingerprint density at radius 2 is 1.75 bits per heavy atom. The van der Waals surface area contributed by atoms with Gasteiger partial charge in [0.15, 0.2) is 0 Å². The molecule has 1 aromatic rings. The van der Waals surface area contributed by atoms with E-state index in [4.69, 9.17) is 0 Å². The standard InChI is InChI=1S/C10H10N2/c1-8-2-4-9(5-3-8)11-12-10-6-7-10/h2-6H,7H2,1H3. The van der Waals surface area contributed by atoms with Crippen molar-refractivity contribution < 1.29 is 0 Å². The summed E-state index contributed by atoms with van der Waals surface area (Å²) < 4.78 is 0. The van der Waals surface area contributed by atoms with Crippen LogP contribution in [-0.4, -0.2) is 0 Å². The van der Waals surface area contributed by atoms with Crippen LogP contribution >= 0.6 is 0 Å². The molecular formula is C10H10N2. The summed E-state index contributed by atoms with van der Waals surface area (Å²) in [5, 5.41) is 8.09. The second kappa shape index (κ2) is 2.89. The Kier molecular flexibility index (Phi) is 1.74. The summed E-state index contributed by atoms with van der Waals surface area (Å²) in [6.07, 6.45) is 3.06. The Labute approximate surface area is 71.6 Å². The summed E-state index contributed by atoms with van der Waals surface area (Å²) in [6.45, 7) is 2.06. The van der Waals surface area contributed by atoms with Gasteiger partial charge >= 0.3 is 0 Å². The van der Waals surface area contributed by atoms with Crippen molar-refractivity contribution in [2.75, 3.05) is 0 Å². The van der Waals surface area contributed by atoms with Crippen molar-refractivity contribution in [3.63, 3.8) is 0 Å². The molecule has 60 valence electrons. The van der Waals surface area contributed by atoms with Gasteiger partial charge in [-0.05, 0) is 19.1 Å². The van der Waals surface area contributed by atoms with E-state index in [0.29, 0.717) is 0 Å². The molecule has 2 heteroatoms. The van der Waals surface area contributed by atoms with Gasteiger partial charge in [-0.25, -0.2) is 0 Å². The number of aryl methyl sites for hydroxylation is 1. The molecule has 1 aliphatic rings. The van der Waals surface area contributed by atoms with Crippen molar-refractivity contribution in [2.45, 2.75) is 13.3 Å². The predicted octanol–water partition coefficient (Wildman–Crippen LogP) is 3.37. The van der Waals surface area contributed by atoms with Gasteiger partial charge in [-0.15, -0.1) is 0 Å². The zero-order valence-electron chi connectivity index (χ0n) is 6.99. The molecular weight excluding hydrogens is 148 g/mol. The molecule has 0 aromatic heterocycles. The summed E-state index contributed by atoms with van der Waals surface area (Å²) in [6, 6.07) is 8.02. The first-order valence-electron chi connectivity index (χ1n) is 4.02. The lowest BCUT2D eigenvalue weighted by atomic mass is 10.2. The molecule has 0 unspecified atom stereocenters. The molecule has 0 heterocycles. The van der Waals surface area contributed by atoms with Crippen molar-refractivity contribution >= 4 is 5.69 Å². The molecule has 1 aromatic carbocycles. The van der Waals surface area contributed by atoms with E-state index in [9.17, 15) is 0 Å². The van der Waals surface area contributed by atoms with E-state index in [1.165, 1.54) is 5.56 Å². The van der Waals surface area contributed by atoms with Crippen LogP contribution in [0.1, 0.15) is 12.0 Å². The van der Waals surface area contributed by atoms with Crippen LogP contribution in [0.25, 0.3) is 0 Å². The fourth-order valence-corrected chi connectivity index (χ4v) is 0.861. The van der Waals surface area contributed by atoms with E-state index >= 15 is 0 Å². The Hall–Kier alpha value is -1.44. The highest BCUT2D eigenvalue weighted by atomic mass is 15.1. The predicted molar refractivity (Wildman–Crippen MR) is 48.4 cm³/mol. The number of benzene rings is 1. The van der Waals surface area contributed by atoms with Gasteiger partial charge in [-0.1, -0.05) is 23.8 Å². The van der Waals surface area contributed by atoms with E-state index in [-0.39, 0.29) is 0 Å². The van der Waals surface area contributed by atoms with Gasteiger partial charge in [-0.2, -0.15) is 10.2 Å². The summed E-state index contributed by atoms with van der Waals surface area (Å²) >= 11 is 0. The molecule has 0 spiro atoms. The summed E-state index contributed by atoms with van der Waals surface area (Å²) in [5.74, 6) is 0. The molecule has 1 aliphatic carbocycles. The van der Waals surface area contributed by atoms with E-state index in [0.717, 1.165) is 17.8 Å². The van der Waals surface area contributed by atoms with Crippen molar-refractivity contribution in [2.24, 2.45) is 10.2 Å². The van der Waals surface area contributed by atoms with Crippen LogP contribution in [0.5, 0.6) is 0 Å². The molecule has 0 amide bonds. The van der Waals surface area contributed by atoms with Crippen molar-refractivity contribution in [3.05, 3.63) is 41.6 Å². The quantitative estimate of drug-likeness (QED) is 0.589. The van der Waals surface area contributed by atoms with Gasteiger partial charge < -0.3 is 0 Å². The lowest BCUT2D eigenvalue weighted by Gasteiger charge is -1.91. The number of allylic oxidation sites excluding steroid dienone is 2. The van der Waals surface area contributed by atoms with Crippen LogP contribution in [-0.2, 0) is 0 Å². The third kappa shape index (κ3) is 1.78.